The Labute approximate surface area is 217 Å². The number of nitrogens with zero attached hydrogens (tertiary/aromatic N) is 4. The van der Waals surface area contributed by atoms with Crippen LogP contribution in [0.4, 0.5) is 42.2 Å². The summed E-state index contributed by atoms with van der Waals surface area (Å²) < 4.78 is 96.7. The number of carbonyl (C=O) groups is 1. The largest absolute Gasteiger partial charge is 0.418 e. The van der Waals surface area contributed by atoms with E-state index < -0.39 is 40.9 Å². The lowest BCUT2D eigenvalue weighted by molar-refractivity contribution is -0.138. The third-order valence-electron chi connectivity index (χ3n) is 6.40. The van der Waals surface area contributed by atoms with E-state index in [2.05, 4.69) is 15.3 Å². The molecule has 1 fully saturated rings. The van der Waals surface area contributed by atoms with Crippen LogP contribution in [-0.2, 0) is 18.9 Å². The molecule has 0 radical (unpaired) electrons. The fourth-order valence-corrected chi connectivity index (χ4v) is 4.55. The van der Waals surface area contributed by atoms with Crippen molar-refractivity contribution in [3.05, 3.63) is 83.1 Å². The van der Waals surface area contributed by atoms with Crippen molar-refractivity contribution in [2.45, 2.75) is 31.7 Å². The van der Waals surface area contributed by atoms with E-state index in [0.717, 1.165) is 37.2 Å². The van der Waals surface area contributed by atoms with Gasteiger partial charge in [0.15, 0.2) is 0 Å². The molecule has 6 nitrogen and oxygen atoms in total. The summed E-state index contributed by atoms with van der Waals surface area (Å²) in [6, 6.07) is 8.05. The zero-order valence-corrected chi connectivity index (χ0v) is 20.1. The summed E-state index contributed by atoms with van der Waals surface area (Å²) in [6.07, 6.45) is -6.39. The summed E-state index contributed by atoms with van der Waals surface area (Å²) in [4.78, 5) is 23.0. The number of rotatable bonds is 5. The second-order valence-corrected chi connectivity index (χ2v) is 9.11. The predicted molar refractivity (Wildman–Crippen MR) is 129 cm³/mol. The van der Waals surface area contributed by atoms with Crippen molar-refractivity contribution in [1.82, 2.24) is 14.5 Å². The fraction of sp³-hybridized carbons (Fsp3) is 0.269. The Kier molecular flexibility index (Phi) is 6.69. The minimum absolute atomic E-state index is 0.0315. The molecule has 1 aliphatic rings. The predicted octanol–water partition coefficient (Wildman–Crippen LogP) is 6.51. The molecule has 1 saturated heterocycles. The summed E-state index contributed by atoms with van der Waals surface area (Å²) in [5.74, 6) is -1.48. The minimum Gasteiger partial charge on any atom is -0.357 e. The van der Waals surface area contributed by atoms with Crippen molar-refractivity contribution in [3.63, 3.8) is 0 Å². The van der Waals surface area contributed by atoms with Gasteiger partial charge < -0.3 is 14.8 Å². The summed E-state index contributed by atoms with van der Waals surface area (Å²) in [5.41, 5.74) is -2.73. The zero-order chi connectivity index (χ0) is 27.9. The van der Waals surface area contributed by atoms with Crippen LogP contribution in [0.5, 0.6) is 0 Å². The molecular formula is C26H20F7N5O. The quantitative estimate of drug-likeness (QED) is 0.288. The Morgan fingerprint density at radius 3 is 2.33 bits per heavy atom. The zero-order valence-electron chi connectivity index (χ0n) is 20.1. The molecule has 1 aromatic carbocycles. The number of carbonyl (C=O) groups excluding carboxylic acids is 1. The maximum atomic E-state index is 13.9. The van der Waals surface area contributed by atoms with E-state index in [4.69, 9.17) is 0 Å². The highest BCUT2D eigenvalue weighted by Crippen LogP contribution is 2.37. The maximum Gasteiger partial charge on any atom is 0.418 e. The topological polar surface area (TPSA) is 63.1 Å². The molecule has 4 aromatic rings. The average Bonchev–Trinajstić information content (AvgIpc) is 3.52. The van der Waals surface area contributed by atoms with Gasteiger partial charge in [0.2, 0.25) is 0 Å². The van der Waals surface area contributed by atoms with E-state index in [-0.39, 0.29) is 29.1 Å². The van der Waals surface area contributed by atoms with Gasteiger partial charge in [0.25, 0.3) is 5.91 Å². The highest BCUT2D eigenvalue weighted by molar-refractivity contribution is 6.06. The molecule has 4 heterocycles. The number of halogens is 7. The van der Waals surface area contributed by atoms with E-state index in [1.807, 2.05) is 0 Å². The van der Waals surface area contributed by atoms with Crippen molar-refractivity contribution in [2.75, 3.05) is 23.3 Å². The van der Waals surface area contributed by atoms with Crippen LogP contribution in [0.3, 0.4) is 0 Å². The number of hydrogen-bond acceptors (Lipinski definition) is 4. The first-order valence-corrected chi connectivity index (χ1v) is 11.8. The summed E-state index contributed by atoms with van der Waals surface area (Å²) in [6.45, 7) is 0.937. The Hall–Kier alpha value is -4.16. The van der Waals surface area contributed by atoms with Gasteiger partial charge in [-0.3, -0.25) is 4.79 Å². The third-order valence-corrected chi connectivity index (χ3v) is 6.40. The molecule has 0 saturated carbocycles. The monoisotopic (exact) mass is 551 g/mol. The normalized spacial score (nSPS) is 14.3. The van der Waals surface area contributed by atoms with Gasteiger partial charge in [0, 0.05) is 31.2 Å². The van der Waals surface area contributed by atoms with Crippen molar-refractivity contribution < 1.29 is 35.5 Å². The van der Waals surface area contributed by atoms with Crippen LogP contribution >= 0.6 is 0 Å². The Morgan fingerprint density at radius 1 is 0.923 bits per heavy atom. The molecule has 204 valence electrons. The highest BCUT2D eigenvalue weighted by Gasteiger charge is 2.36. The lowest BCUT2D eigenvalue weighted by Crippen LogP contribution is -2.23. The number of nitrogens with one attached hydrogen (secondary N) is 1. The molecule has 39 heavy (non-hydrogen) atoms. The Bertz CT molecular complexity index is 1540. The molecule has 0 unspecified atom stereocenters. The number of pyridine rings is 2. The molecule has 0 atom stereocenters. The first kappa shape index (κ1) is 26.4. The summed E-state index contributed by atoms with van der Waals surface area (Å²) in [7, 11) is 0. The van der Waals surface area contributed by atoms with Gasteiger partial charge in [0.05, 0.1) is 23.0 Å². The third kappa shape index (κ3) is 5.52. The lowest BCUT2D eigenvalue weighted by Gasteiger charge is -2.20. The molecule has 0 aliphatic carbocycles. The average molecular weight is 551 g/mol. The molecular weight excluding hydrogens is 531 g/mol. The molecule has 0 spiro atoms. The van der Waals surface area contributed by atoms with Gasteiger partial charge in [-0.05, 0) is 48.7 Å². The molecule has 1 aliphatic heterocycles. The van der Waals surface area contributed by atoms with E-state index in [1.165, 1.54) is 28.8 Å². The molecule has 13 heteroatoms. The van der Waals surface area contributed by atoms with Gasteiger partial charge in [0.1, 0.15) is 23.0 Å². The first-order valence-electron chi connectivity index (χ1n) is 11.8. The van der Waals surface area contributed by atoms with Crippen LogP contribution in [0.25, 0.3) is 11.0 Å². The second kappa shape index (κ2) is 9.86. The van der Waals surface area contributed by atoms with Crippen molar-refractivity contribution in [2.24, 2.45) is 0 Å². The van der Waals surface area contributed by atoms with Gasteiger partial charge in [-0.25, -0.2) is 14.4 Å². The van der Waals surface area contributed by atoms with Gasteiger partial charge >= 0.3 is 12.4 Å². The standard InChI is InChI=1S/C26H20F7N5O/c27-18-5-3-4-15(8-18)14-38-21(10-16-9-17(25(28,29)30)12-35-23(16)38)24(39)36-20-13-34-22(37-6-1-2-7-37)11-19(20)26(31,32)33/h3-5,8-13H,1-2,6-7,14H2,(H,36,39). The fourth-order valence-electron chi connectivity index (χ4n) is 4.55. The number of anilines is 2. The van der Waals surface area contributed by atoms with Crippen LogP contribution in [0, 0.1) is 5.82 Å². The van der Waals surface area contributed by atoms with Crippen molar-refractivity contribution >= 4 is 28.4 Å². The van der Waals surface area contributed by atoms with Crippen LogP contribution < -0.4 is 10.2 Å². The smallest absolute Gasteiger partial charge is 0.357 e. The van der Waals surface area contributed by atoms with Gasteiger partial charge in [-0.15, -0.1) is 0 Å². The molecule has 3 aromatic heterocycles. The van der Waals surface area contributed by atoms with Crippen LogP contribution in [0.2, 0.25) is 0 Å². The van der Waals surface area contributed by atoms with Crippen LogP contribution in [0.1, 0.15) is 40.0 Å². The second-order valence-electron chi connectivity index (χ2n) is 9.11. The van der Waals surface area contributed by atoms with Crippen molar-refractivity contribution in [1.29, 1.82) is 0 Å². The number of benzene rings is 1. The maximum absolute atomic E-state index is 13.9. The number of amides is 1. The number of aromatic nitrogens is 3. The van der Waals surface area contributed by atoms with Crippen LogP contribution in [-0.4, -0.2) is 33.5 Å². The molecule has 1 N–H and O–H groups in total. The van der Waals surface area contributed by atoms with E-state index in [0.29, 0.717) is 24.8 Å². The Balaban J connectivity index is 1.56. The van der Waals surface area contributed by atoms with Gasteiger partial charge in [-0.1, -0.05) is 12.1 Å². The molecule has 1 amide bonds. The SMILES string of the molecule is O=C(Nc1cnc(N2CCCC2)cc1C(F)(F)F)c1cc2cc(C(F)(F)F)cnc2n1Cc1cccc(F)c1. The number of alkyl halides is 6. The minimum atomic E-state index is -4.82. The molecule has 0 bridgehead atoms. The highest BCUT2D eigenvalue weighted by atomic mass is 19.4. The molecule has 5 rings (SSSR count). The van der Waals surface area contributed by atoms with E-state index in [1.54, 1.807) is 4.90 Å². The van der Waals surface area contributed by atoms with E-state index in [9.17, 15) is 35.5 Å². The number of hydrogen-bond donors (Lipinski definition) is 1. The van der Waals surface area contributed by atoms with Crippen LogP contribution in [0.15, 0.2) is 54.9 Å². The Morgan fingerprint density at radius 2 is 1.67 bits per heavy atom. The first-order chi connectivity index (χ1) is 18.4. The lowest BCUT2D eigenvalue weighted by atomic mass is 10.2. The van der Waals surface area contributed by atoms with Gasteiger partial charge in [-0.2, -0.15) is 26.3 Å². The number of fused-ring (bicyclic) bond motifs is 1. The summed E-state index contributed by atoms with van der Waals surface area (Å²) >= 11 is 0. The summed E-state index contributed by atoms with van der Waals surface area (Å²) in [5, 5.41) is 2.14. The van der Waals surface area contributed by atoms with E-state index >= 15 is 0 Å². The van der Waals surface area contributed by atoms with Crippen molar-refractivity contribution in [3.8, 4) is 0 Å².